The van der Waals surface area contributed by atoms with Crippen molar-refractivity contribution < 1.29 is 9.18 Å². The van der Waals surface area contributed by atoms with E-state index in [1.807, 2.05) is 13.8 Å². The summed E-state index contributed by atoms with van der Waals surface area (Å²) < 4.78 is 12.8. The van der Waals surface area contributed by atoms with Crippen LogP contribution in [-0.2, 0) is 4.79 Å². The lowest BCUT2D eigenvalue weighted by molar-refractivity contribution is -0.113. The Bertz CT molecular complexity index is 224. The monoisotopic (exact) mass is 184 g/mol. The highest BCUT2D eigenvalue weighted by molar-refractivity contribution is 5.96. The molecule has 0 radical (unpaired) electrons. The third kappa shape index (κ3) is 6.02. The van der Waals surface area contributed by atoms with Crippen molar-refractivity contribution in [2.45, 2.75) is 27.7 Å². The molecule has 2 heteroatoms. The van der Waals surface area contributed by atoms with Gasteiger partial charge in [0.15, 0.2) is 5.78 Å². The number of hydrogen-bond acceptors (Lipinski definition) is 1. The maximum Gasteiger partial charge on any atom is 0.162 e. The fourth-order valence-corrected chi connectivity index (χ4v) is 0.703. The Balaban J connectivity index is 0. The van der Waals surface area contributed by atoms with Gasteiger partial charge in [-0.2, -0.15) is 0 Å². The Labute approximate surface area is 79.7 Å². The summed E-state index contributed by atoms with van der Waals surface area (Å²) in [7, 11) is 0. The molecule has 0 bridgehead atoms. The number of Topliss-reactive ketones (excluding diaryl/α,β-unsaturated/α-hetero) is 1. The van der Waals surface area contributed by atoms with Crippen LogP contribution in [-0.4, -0.2) is 5.78 Å². The molecule has 0 saturated heterocycles. The Morgan fingerprint density at radius 2 is 1.85 bits per heavy atom. The number of carbonyl (C=O) groups excluding carboxylic acids is 1. The van der Waals surface area contributed by atoms with Gasteiger partial charge in [-0.15, -0.1) is 0 Å². The standard InChI is InChI=1S/C9H11FO.C2H6/c1-4-6-9(10)8(5-2)7(3)11;1-2/h4-6H,1H2,2-3H3;1-2H3/b8-5-,9-6+;. The summed E-state index contributed by atoms with van der Waals surface area (Å²) in [5, 5.41) is 0. The zero-order valence-electron chi connectivity index (χ0n) is 8.73. The zero-order chi connectivity index (χ0) is 10.9. The van der Waals surface area contributed by atoms with Gasteiger partial charge >= 0.3 is 0 Å². The molecule has 0 atom stereocenters. The second kappa shape index (κ2) is 8.91. The number of ketones is 1. The average molecular weight is 184 g/mol. The molecule has 0 unspecified atom stereocenters. The summed E-state index contributed by atoms with van der Waals surface area (Å²) in [5.74, 6) is -0.807. The van der Waals surface area contributed by atoms with E-state index in [4.69, 9.17) is 0 Å². The minimum absolute atomic E-state index is 0.102. The molecule has 0 aliphatic rings. The Kier molecular flexibility index (Phi) is 9.84. The Hall–Kier alpha value is -1.18. The van der Waals surface area contributed by atoms with Gasteiger partial charge < -0.3 is 0 Å². The van der Waals surface area contributed by atoms with Gasteiger partial charge in [-0.1, -0.05) is 32.6 Å². The van der Waals surface area contributed by atoms with Gasteiger partial charge in [0, 0.05) is 5.57 Å². The zero-order valence-corrected chi connectivity index (χ0v) is 8.73. The lowest BCUT2D eigenvalue weighted by Gasteiger charge is -1.96. The van der Waals surface area contributed by atoms with Crippen molar-refractivity contribution in [2.24, 2.45) is 0 Å². The molecule has 0 N–H and O–H groups in total. The molecule has 0 saturated carbocycles. The first-order valence-electron chi connectivity index (χ1n) is 4.29. The lowest BCUT2D eigenvalue weighted by Crippen LogP contribution is -1.96. The van der Waals surface area contributed by atoms with Crippen LogP contribution in [0.15, 0.2) is 36.2 Å². The molecule has 0 fully saturated rings. The maximum atomic E-state index is 12.8. The SMILES string of the molecule is C=C/C=C(F)\C(=C/C)C(C)=O.CC. The van der Waals surface area contributed by atoms with Crippen molar-refractivity contribution in [1.29, 1.82) is 0 Å². The van der Waals surface area contributed by atoms with Crippen LogP contribution in [0.25, 0.3) is 0 Å². The van der Waals surface area contributed by atoms with Crippen molar-refractivity contribution >= 4 is 5.78 Å². The smallest absolute Gasteiger partial charge is 0.162 e. The fraction of sp³-hybridized carbons (Fsp3) is 0.364. The molecule has 0 rings (SSSR count). The van der Waals surface area contributed by atoms with Crippen LogP contribution in [0, 0.1) is 0 Å². The van der Waals surface area contributed by atoms with Gasteiger partial charge in [0.2, 0.25) is 0 Å². The molecule has 0 spiro atoms. The molecule has 0 aromatic heterocycles. The predicted molar refractivity (Wildman–Crippen MR) is 55.2 cm³/mol. The van der Waals surface area contributed by atoms with Crippen molar-refractivity contribution in [3.8, 4) is 0 Å². The molecule has 13 heavy (non-hydrogen) atoms. The van der Waals surface area contributed by atoms with Crippen LogP contribution < -0.4 is 0 Å². The highest BCUT2D eigenvalue weighted by Crippen LogP contribution is 2.11. The molecule has 74 valence electrons. The molecule has 1 nitrogen and oxygen atoms in total. The quantitative estimate of drug-likeness (QED) is 0.484. The molecule has 0 aromatic carbocycles. The van der Waals surface area contributed by atoms with E-state index in [1.54, 1.807) is 6.92 Å². The molecule has 0 aliphatic heterocycles. The molecular formula is C11H17FO. The van der Waals surface area contributed by atoms with Gasteiger partial charge in [-0.05, 0) is 19.9 Å². The second-order valence-electron chi connectivity index (χ2n) is 2.01. The van der Waals surface area contributed by atoms with Crippen LogP contribution in [0.1, 0.15) is 27.7 Å². The van der Waals surface area contributed by atoms with Crippen molar-refractivity contribution in [2.75, 3.05) is 0 Å². The number of rotatable bonds is 3. The molecule has 0 aliphatic carbocycles. The van der Waals surface area contributed by atoms with Crippen molar-refractivity contribution in [3.05, 3.63) is 36.2 Å². The third-order valence-corrected chi connectivity index (χ3v) is 1.19. The van der Waals surface area contributed by atoms with E-state index in [1.165, 1.54) is 19.1 Å². The first-order chi connectivity index (χ1) is 6.13. The van der Waals surface area contributed by atoms with Crippen LogP contribution in [0.3, 0.4) is 0 Å². The van der Waals surface area contributed by atoms with Crippen molar-refractivity contribution in [1.82, 2.24) is 0 Å². The Morgan fingerprint density at radius 1 is 1.38 bits per heavy atom. The van der Waals surface area contributed by atoms with Crippen LogP contribution in [0.2, 0.25) is 0 Å². The van der Waals surface area contributed by atoms with Gasteiger partial charge in [0.05, 0.1) is 0 Å². The summed E-state index contributed by atoms with van der Waals surface area (Å²) in [6, 6.07) is 0. The number of hydrogen-bond donors (Lipinski definition) is 0. The van der Waals surface area contributed by atoms with E-state index >= 15 is 0 Å². The molecular weight excluding hydrogens is 167 g/mol. The topological polar surface area (TPSA) is 17.1 Å². The number of allylic oxidation sites excluding steroid dienone is 5. The number of halogens is 1. The molecule has 0 amide bonds. The van der Waals surface area contributed by atoms with Crippen molar-refractivity contribution in [3.63, 3.8) is 0 Å². The van der Waals surface area contributed by atoms with Crippen LogP contribution >= 0.6 is 0 Å². The summed E-state index contributed by atoms with van der Waals surface area (Å²) in [4.78, 5) is 10.7. The minimum Gasteiger partial charge on any atom is -0.294 e. The van der Waals surface area contributed by atoms with E-state index in [0.29, 0.717) is 0 Å². The van der Waals surface area contributed by atoms with E-state index in [0.717, 1.165) is 6.08 Å². The summed E-state index contributed by atoms with van der Waals surface area (Å²) in [6.45, 7) is 10.3. The van der Waals surface area contributed by atoms with Gasteiger partial charge in [0.25, 0.3) is 0 Å². The summed E-state index contributed by atoms with van der Waals surface area (Å²) in [5.41, 5.74) is 0.102. The summed E-state index contributed by atoms with van der Waals surface area (Å²) in [6.07, 6.45) is 3.91. The Morgan fingerprint density at radius 3 is 2.08 bits per heavy atom. The first-order valence-corrected chi connectivity index (χ1v) is 4.29. The first kappa shape index (κ1) is 14.3. The van der Waals surface area contributed by atoms with E-state index in [2.05, 4.69) is 6.58 Å². The van der Waals surface area contributed by atoms with E-state index < -0.39 is 5.83 Å². The van der Waals surface area contributed by atoms with Gasteiger partial charge in [0.1, 0.15) is 5.83 Å². The summed E-state index contributed by atoms with van der Waals surface area (Å²) >= 11 is 0. The average Bonchev–Trinajstić information content (AvgIpc) is 2.09. The second-order valence-corrected chi connectivity index (χ2v) is 2.01. The highest BCUT2D eigenvalue weighted by atomic mass is 19.1. The molecule has 0 heterocycles. The lowest BCUT2D eigenvalue weighted by atomic mass is 10.1. The highest BCUT2D eigenvalue weighted by Gasteiger charge is 2.06. The minimum atomic E-state index is -0.532. The normalized spacial score (nSPS) is 11.5. The largest absolute Gasteiger partial charge is 0.294 e. The van der Waals surface area contributed by atoms with E-state index in [-0.39, 0.29) is 11.4 Å². The van der Waals surface area contributed by atoms with Gasteiger partial charge in [-0.3, -0.25) is 4.79 Å². The third-order valence-electron chi connectivity index (χ3n) is 1.19. The number of carbonyl (C=O) groups is 1. The van der Waals surface area contributed by atoms with Gasteiger partial charge in [-0.25, -0.2) is 4.39 Å². The predicted octanol–water partition coefficient (Wildman–Crippen LogP) is 3.59. The van der Waals surface area contributed by atoms with Crippen LogP contribution in [0.4, 0.5) is 4.39 Å². The van der Waals surface area contributed by atoms with Crippen LogP contribution in [0.5, 0.6) is 0 Å². The van der Waals surface area contributed by atoms with E-state index in [9.17, 15) is 9.18 Å². The molecule has 0 aromatic rings. The maximum absolute atomic E-state index is 12.8. The fourth-order valence-electron chi connectivity index (χ4n) is 0.703.